The van der Waals surface area contributed by atoms with Crippen LogP contribution in [0.25, 0.3) is 0 Å². The van der Waals surface area contributed by atoms with Crippen LogP contribution in [0.1, 0.15) is 46.5 Å². The minimum absolute atomic E-state index is 0. The molecule has 0 aromatic rings. The van der Waals surface area contributed by atoms with Gasteiger partial charge in [0.25, 0.3) is 0 Å². The van der Waals surface area contributed by atoms with Crippen LogP contribution in [0.3, 0.4) is 0 Å². The Morgan fingerprint density at radius 2 is 1.85 bits per heavy atom. The Labute approximate surface area is 175 Å². The molecular weight excluding hydrogens is 441 g/mol. The number of hydrogen-bond acceptors (Lipinski definition) is 3. The minimum Gasteiger partial charge on any atom is -0.357 e. The number of aliphatic imine (C=N–C) groups is 1. The molecule has 2 N–H and O–H groups in total. The van der Waals surface area contributed by atoms with Crippen LogP contribution >= 0.6 is 24.0 Å². The second kappa shape index (κ2) is 10.1. The monoisotopic (exact) mass is 477 g/mol. The van der Waals surface area contributed by atoms with E-state index in [1.165, 1.54) is 19.4 Å². The van der Waals surface area contributed by atoms with Gasteiger partial charge in [-0.1, -0.05) is 6.92 Å². The summed E-state index contributed by atoms with van der Waals surface area (Å²) in [6.07, 6.45) is 4.90. The molecule has 150 valence electrons. The van der Waals surface area contributed by atoms with E-state index in [9.17, 15) is 4.79 Å². The molecule has 1 aliphatic carbocycles. The number of rotatable bonds is 5. The number of guanidine groups is 1. The molecule has 0 aromatic heterocycles. The van der Waals surface area contributed by atoms with E-state index in [-0.39, 0.29) is 29.9 Å². The van der Waals surface area contributed by atoms with Crippen molar-refractivity contribution >= 4 is 35.8 Å². The number of hydrogen-bond donors (Lipinski definition) is 2. The number of piperidine rings is 1. The molecule has 2 atom stereocenters. The Morgan fingerprint density at radius 3 is 2.42 bits per heavy atom. The quantitative estimate of drug-likeness (QED) is 0.361. The van der Waals surface area contributed by atoms with E-state index in [4.69, 9.17) is 4.99 Å². The van der Waals surface area contributed by atoms with Gasteiger partial charge in [0.1, 0.15) is 0 Å². The third kappa shape index (κ3) is 5.97. The molecule has 1 saturated carbocycles. The predicted octanol–water partition coefficient (Wildman–Crippen LogP) is 1.90. The Kier molecular flexibility index (Phi) is 8.44. The van der Waals surface area contributed by atoms with Crippen LogP contribution in [0, 0.1) is 11.8 Å². The Hall–Kier alpha value is -0.570. The zero-order chi connectivity index (χ0) is 17.8. The van der Waals surface area contributed by atoms with Gasteiger partial charge in [-0.3, -0.25) is 14.7 Å². The molecule has 3 rings (SSSR count). The van der Waals surface area contributed by atoms with Crippen LogP contribution in [0.2, 0.25) is 0 Å². The molecule has 3 aliphatic rings. The first-order valence-electron chi connectivity index (χ1n) is 10.1. The summed E-state index contributed by atoms with van der Waals surface area (Å²) in [5.41, 5.74) is 0. The van der Waals surface area contributed by atoms with Crippen molar-refractivity contribution < 1.29 is 4.79 Å². The second-order valence-corrected chi connectivity index (χ2v) is 8.08. The van der Waals surface area contributed by atoms with Crippen molar-refractivity contribution in [2.24, 2.45) is 16.8 Å². The zero-order valence-electron chi connectivity index (χ0n) is 16.5. The van der Waals surface area contributed by atoms with Crippen molar-refractivity contribution in [2.75, 3.05) is 39.3 Å². The molecular formula is C19H36IN5O. The van der Waals surface area contributed by atoms with Gasteiger partial charge in [-0.2, -0.15) is 0 Å². The van der Waals surface area contributed by atoms with Gasteiger partial charge in [-0.15, -0.1) is 24.0 Å². The first-order valence-corrected chi connectivity index (χ1v) is 10.1. The maximum atomic E-state index is 11.4. The number of halogens is 1. The lowest BCUT2D eigenvalue weighted by Crippen LogP contribution is -2.47. The maximum absolute atomic E-state index is 11.4. The van der Waals surface area contributed by atoms with Crippen molar-refractivity contribution in [3.63, 3.8) is 0 Å². The second-order valence-electron chi connectivity index (χ2n) is 8.08. The van der Waals surface area contributed by atoms with Crippen LogP contribution in [-0.2, 0) is 4.79 Å². The lowest BCUT2D eigenvalue weighted by atomic mass is 9.97. The molecule has 2 saturated heterocycles. The van der Waals surface area contributed by atoms with Gasteiger partial charge in [0.2, 0.25) is 5.91 Å². The Bertz CT molecular complexity index is 488. The van der Waals surface area contributed by atoms with Gasteiger partial charge in [0.05, 0.1) is 0 Å². The van der Waals surface area contributed by atoms with E-state index in [0.29, 0.717) is 17.9 Å². The summed E-state index contributed by atoms with van der Waals surface area (Å²) < 4.78 is 0. The molecule has 2 unspecified atom stereocenters. The summed E-state index contributed by atoms with van der Waals surface area (Å²) in [5.74, 6) is 2.43. The minimum atomic E-state index is 0. The lowest BCUT2D eigenvalue weighted by Gasteiger charge is -2.30. The average molecular weight is 477 g/mol. The van der Waals surface area contributed by atoms with E-state index in [2.05, 4.69) is 29.4 Å². The summed E-state index contributed by atoms with van der Waals surface area (Å²) in [4.78, 5) is 20.9. The number of nitrogens with one attached hydrogen (secondary N) is 2. The topological polar surface area (TPSA) is 60.0 Å². The zero-order valence-corrected chi connectivity index (χ0v) is 18.9. The van der Waals surface area contributed by atoms with Crippen molar-refractivity contribution in [3.05, 3.63) is 0 Å². The number of carbonyl (C=O) groups is 1. The van der Waals surface area contributed by atoms with Crippen LogP contribution in [0.5, 0.6) is 0 Å². The van der Waals surface area contributed by atoms with Crippen LogP contribution in [0.15, 0.2) is 4.99 Å². The third-order valence-corrected chi connectivity index (χ3v) is 5.94. The van der Waals surface area contributed by atoms with Gasteiger partial charge in [0, 0.05) is 58.3 Å². The summed E-state index contributed by atoms with van der Waals surface area (Å²) >= 11 is 0. The van der Waals surface area contributed by atoms with Gasteiger partial charge in [-0.25, -0.2) is 0 Å². The normalized spacial score (nSPS) is 28.0. The molecule has 0 bridgehead atoms. The van der Waals surface area contributed by atoms with Crippen LogP contribution in [0.4, 0.5) is 0 Å². The highest BCUT2D eigenvalue weighted by atomic mass is 127. The van der Waals surface area contributed by atoms with E-state index >= 15 is 0 Å². The Balaban J connectivity index is 0.00000243. The number of amides is 1. The molecule has 6 nitrogen and oxygen atoms in total. The van der Waals surface area contributed by atoms with Gasteiger partial charge >= 0.3 is 0 Å². The lowest BCUT2D eigenvalue weighted by molar-refractivity contribution is -0.130. The van der Waals surface area contributed by atoms with Crippen molar-refractivity contribution in [1.29, 1.82) is 0 Å². The van der Waals surface area contributed by atoms with Crippen molar-refractivity contribution in [1.82, 2.24) is 20.4 Å². The predicted molar refractivity (Wildman–Crippen MR) is 117 cm³/mol. The van der Waals surface area contributed by atoms with E-state index in [0.717, 1.165) is 57.6 Å². The highest BCUT2D eigenvalue weighted by Crippen LogP contribution is 2.31. The molecule has 0 aromatic carbocycles. The maximum Gasteiger partial charge on any atom is 0.219 e. The first kappa shape index (κ1) is 21.7. The molecule has 0 radical (unpaired) electrons. The summed E-state index contributed by atoms with van der Waals surface area (Å²) in [7, 11) is 0. The molecule has 26 heavy (non-hydrogen) atoms. The SMILES string of the molecule is CCNC(=NCC1CCN(C(C)=O)CC1)NC1CN(C2CC2)CC1C.I. The third-order valence-electron chi connectivity index (χ3n) is 5.94. The fourth-order valence-electron chi connectivity index (χ4n) is 4.08. The van der Waals surface area contributed by atoms with Gasteiger partial charge in [0.15, 0.2) is 5.96 Å². The van der Waals surface area contributed by atoms with E-state index < -0.39 is 0 Å². The van der Waals surface area contributed by atoms with Crippen LogP contribution in [-0.4, -0.2) is 73.0 Å². The van der Waals surface area contributed by atoms with Gasteiger partial charge in [-0.05, 0) is 44.4 Å². The molecule has 0 spiro atoms. The molecule has 3 fully saturated rings. The number of carbonyl (C=O) groups excluding carboxylic acids is 1. The number of nitrogens with zero attached hydrogens (tertiary/aromatic N) is 3. The van der Waals surface area contributed by atoms with Crippen molar-refractivity contribution in [3.8, 4) is 0 Å². The molecule has 1 amide bonds. The highest BCUT2D eigenvalue weighted by Gasteiger charge is 2.38. The fraction of sp³-hybridized carbons (Fsp3) is 0.895. The van der Waals surface area contributed by atoms with Gasteiger partial charge < -0.3 is 15.5 Å². The smallest absolute Gasteiger partial charge is 0.219 e. The van der Waals surface area contributed by atoms with Crippen LogP contribution < -0.4 is 10.6 Å². The van der Waals surface area contributed by atoms with E-state index in [1.807, 2.05) is 4.90 Å². The largest absolute Gasteiger partial charge is 0.357 e. The average Bonchev–Trinajstić information content (AvgIpc) is 3.38. The van der Waals surface area contributed by atoms with Crippen molar-refractivity contribution in [2.45, 2.75) is 58.5 Å². The molecule has 2 aliphatic heterocycles. The van der Waals surface area contributed by atoms with E-state index in [1.54, 1.807) is 6.92 Å². The first-order chi connectivity index (χ1) is 12.1. The molecule has 7 heteroatoms. The standard InChI is InChI=1S/C19H35N5O.HI/c1-4-20-19(21-11-16-7-9-23(10-8-16)15(3)25)22-18-13-24(12-14(18)2)17-5-6-17;/h14,16-18H,4-13H2,1-3H3,(H2,20,21,22);1H. The highest BCUT2D eigenvalue weighted by molar-refractivity contribution is 14.0. The fourth-order valence-corrected chi connectivity index (χ4v) is 4.08. The summed E-state index contributed by atoms with van der Waals surface area (Å²) in [5, 5.41) is 7.09. The summed E-state index contributed by atoms with van der Waals surface area (Å²) in [6, 6.07) is 1.35. The Morgan fingerprint density at radius 1 is 1.15 bits per heavy atom. The number of likely N-dealkylation sites (tertiary alicyclic amines) is 2. The summed E-state index contributed by atoms with van der Waals surface area (Å²) in [6.45, 7) is 12.0. The molecule has 2 heterocycles.